The Bertz CT molecular complexity index is 1520. The van der Waals surface area contributed by atoms with Crippen LogP contribution in [0.5, 0.6) is 0 Å². The molecule has 3 aromatic carbocycles. The first kappa shape index (κ1) is 30.6. The minimum Gasteiger partial charge on any atom is -0.378 e. The molecule has 0 saturated carbocycles. The van der Waals surface area contributed by atoms with Crippen LogP contribution in [0.3, 0.4) is 0 Å². The molecule has 2 fully saturated rings. The summed E-state index contributed by atoms with van der Waals surface area (Å²) in [5, 5.41) is 2.01. The van der Waals surface area contributed by atoms with Gasteiger partial charge in [0.1, 0.15) is 5.82 Å². The van der Waals surface area contributed by atoms with Crippen LogP contribution in [0.2, 0.25) is 15.1 Å². The highest BCUT2D eigenvalue weighted by atomic mass is 35.5. The van der Waals surface area contributed by atoms with Gasteiger partial charge in [0, 0.05) is 71.2 Å². The van der Waals surface area contributed by atoms with E-state index in [1.165, 1.54) is 0 Å². The summed E-state index contributed by atoms with van der Waals surface area (Å²) in [6, 6.07) is 23.3. The van der Waals surface area contributed by atoms with Gasteiger partial charge >= 0.3 is 0 Å². The molecule has 10 heteroatoms. The number of ether oxygens (including phenoxy) is 2. The van der Waals surface area contributed by atoms with Gasteiger partial charge in [-0.1, -0.05) is 71.2 Å². The number of hydrogen-bond donors (Lipinski definition) is 0. The number of aromatic nitrogens is 3. The summed E-state index contributed by atoms with van der Waals surface area (Å²) in [4.78, 5) is 19.8. The van der Waals surface area contributed by atoms with Crippen molar-refractivity contribution in [3.05, 3.63) is 134 Å². The zero-order valence-corrected chi connectivity index (χ0v) is 26.4. The summed E-state index contributed by atoms with van der Waals surface area (Å²) in [6.07, 6.45) is 4.77. The number of morpholine rings is 2. The molecule has 2 aliphatic heterocycles. The average molecular weight is 649 g/mol. The van der Waals surface area contributed by atoms with E-state index in [0.717, 1.165) is 54.0 Å². The maximum atomic E-state index is 6.29. The highest BCUT2D eigenvalue weighted by molar-refractivity contribution is 6.31. The van der Waals surface area contributed by atoms with Crippen molar-refractivity contribution in [1.82, 2.24) is 24.8 Å². The molecule has 0 atom stereocenters. The number of rotatable bonds is 8. The molecule has 0 unspecified atom stereocenters. The maximum Gasteiger partial charge on any atom is 0.165 e. The molecule has 0 N–H and O–H groups in total. The summed E-state index contributed by atoms with van der Waals surface area (Å²) >= 11 is 18.8. The Labute approximate surface area is 272 Å². The van der Waals surface area contributed by atoms with Gasteiger partial charge in [-0.2, -0.15) is 0 Å². The fraction of sp³-hybridized carbons (Fsp3) is 0.265. The molecule has 2 aliphatic rings. The van der Waals surface area contributed by atoms with Crippen molar-refractivity contribution < 1.29 is 9.47 Å². The van der Waals surface area contributed by atoms with Gasteiger partial charge < -0.3 is 19.3 Å². The standard InChI is InChI=1S/C34H32Cl3N5O2/c35-27-7-1-24(2-8-27)21-32-38-33(30(22-41-13-17-43-18-14-41)25-3-9-28(36)10-4-25)40-34(39-32)31(23-42-15-19-44-20-16-42)26-5-11-29(37)12-6-26/h1-12,22-23H,13-21H2/b30-22-,31-23+. The first-order valence-electron chi connectivity index (χ1n) is 14.6. The van der Waals surface area contributed by atoms with E-state index < -0.39 is 0 Å². The van der Waals surface area contributed by atoms with Gasteiger partial charge in [-0.25, -0.2) is 15.0 Å². The molecule has 4 aromatic rings. The lowest BCUT2D eigenvalue weighted by Gasteiger charge is -2.27. The van der Waals surface area contributed by atoms with Crippen molar-refractivity contribution in [2.24, 2.45) is 0 Å². The molecule has 6 rings (SSSR count). The van der Waals surface area contributed by atoms with Crippen LogP contribution in [0, 0.1) is 0 Å². The normalized spacial score (nSPS) is 16.3. The van der Waals surface area contributed by atoms with Gasteiger partial charge in [0.15, 0.2) is 11.6 Å². The Morgan fingerprint density at radius 1 is 0.568 bits per heavy atom. The predicted octanol–water partition coefficient (Wildman–Crippen LogP) is 6.87. The summed E-state index contributed by atoms with van der Waals surface area (Å²) in [5.41, 5.74) is 4.73. The van der Waals surface area contributed by atoms with Crippen molar-refractivity contribution in [3.63, 3.8) is 0 Å². The van der Waals surface area contributed by atoms with Crippen LogP contribution in [0.4, 0.5) is 0 Å². The largest absolute Gasteiger partial charge is 0.378 e. The molecule has 2 saturated heterocycles. The Kier molecular flexibility index (Phi) is 10.1. The van der Waals surface area contributed by atoms with E-state index in [-0.39, 0.29) is 0 Å². The topological polar surface area (TPSA) is 63.6 Å². The van der Waals surface area contributed by atoms with E-state index in [2.05, 4.69) is 22.2 Å². The fourth-order valence-electron chi connectivity index (χ4n) is 5.08. The van der Waals surface area contributed by atoms with Gasteiger partial charge in [0.25, 0.3) is 0 Å². The number of halogens is 3. The highest BCUT2D eigenvalue weighted by Gasteiger charge is 2.20. The fourth-order valence-corrected chi connectivity index (χ4v) is 5.46. The Morgan fingerprint density at radius 2 is 0.955 bits per heavy atom. The van der Waals surface area contributed by atoms with Crippen molar-refractivity contribution in [1.29, 1.82) is 0 Å². The van der Waals surface area contributed by atoms with Crippen molar-refractivity contribution in [2.75, 3.05) is 52.6 Å². The SMILES string of the molecule is Clc1ccc(Cc2nc(/C(=C\N3CCOCC3)c3ccc(Cl)cc3)nc(/C(=C/N3CCOCC3)c3ccc(Cl)cc3)n2)cc1. The van der Waals surface area contributed by atoms with Gasteiger partial charge in [0.2, 0.25) is 0 Å². The van der Waals surface area contributed by atoms with E-state index in [1.807, 2.05) is 72.8 Å². The zero-order chi connectivity index (χ0) is 30.3. The van der Waals surface area contributed by atoms with Gasteiger partial charge in [0.05, 0.1) is 26.4 Å². The minimum absolute atomic E-state index is 0.511. The number of hydrogen-bond acceptors (Lipinski definition) is 7. The molecule has 0 amide bonds. The van der Waals surface area contributed by atoms with Gasteiger partial charge in [-0.05, 0) is 53.1 Å². The van der Waals surface area contributed by atoms with Crippen LogP contribution in [-0.4, -0.2) is 77.4 Å². The third-order valence-electron chi connectivity index (χ3n) is 7.46. The van der Waals surface area contributed by atoms with Crippen LogP contribution in [0.1, 0.15) is 34.2 Å². The van der Waals surface area contributed by atoms with Gasteiger partial charge in [-0.3, -0.25) is 0 Å². The smallest absolute Gasteiger partial charge is 0.165 e. The molecular formula is C34H32Cl3N5O2. The molecule has 0 bridgehead atoms. The van der Waals surface area contributed by atoms with Crippen molar-refractivity contribution in [2.45, 2.75) is 6.42 Å². The Morgan fingerprint density at radius 3 is 1.36 bits per heavy atom. The van der Waals surface area contributed by atoms with Crippen molar-refractivity contribution >= 4 is 45.9 Å². The molecule has 0 spiro atoms. The molecule has 1 aromatic heterocycles. The third kappa shape index (κ3) is 7.97. The first-order chi connectivity index (χ1) is 21.5. The lowest BCUT2D eigenvalue weighted by atomic mass is 10.0. The zero-order valence-electron chi connectivity index (χ0n) is 24.1. The average Bonchev–Trinajstić information content (AvgIpc) is 3.05. The summed E-state index contributed by atoms with van der Waals surface area (Å²) < 4.78 is 11.2. The van der Waals surface area contributed by atoms with Crippen LogP contribution in [0.25, 0.3) is 11.1 Å². The van der Waals surface area contributed by atoms with E-state index >= 15 is 0 Å². The second kappa shape index (κ2) is 14.5. The van der Waals surface area contributed by atoms with E-state index in [0.29, 0.717) is 65.4 Å². The molecule has 0 radical (unpaired) electrons. The predicted molar refractivity (Wildman–Crippen MR) is 176 cm³/mol. The lowest BCUT2D eigenvalue weighted by Crippen LogP contribution is -2.32. The second-order valence-corrected chi connectivity index (χ2v) is 11.9. The molecule has 3 heterocycles. The minimum atomic E-state index is 0.511. The first-order valence-corrected chi connectivity index (χ1v) is 15.7. The molecule has 7 nitrogen and oxygen atoms in total. The molecule has 226 valence electrons. The number of nitrogens with zero attached hydrogens (tertiary/aromatic N) is 5. The van der Waals surface area contributed by atoms with Crippen molar-refractivity contribution in [3.8, 4) is 0 Å². The highest BCUT2D eigenvalue weighted by Crippen LogP contribution is 2.28. The molecule has 44 heavy (non-hydrogen) atoms. The lowest BCUT2D eigenvalue weighted by molar-refractivity contribution is 0.0596. The quantitative estimate of drug-likeness (QED) is 0.207. The maximum absolute atomic E-state index is 6.29. The summed E-state index contributed by atoms with van der Waals surface area (Å²) in [6.45, 7) is 5.77. The van der Waals surface area contributed by atoms with E-state index in [1.54, 1.807) is 0 Å². The van der Waals surface area contributed by atoms with Crippen LogP contribution in [-0.2, 0) is 15.9 Å². The van der Waals surface area contributed by atoms with Crippen LogP contribution >= 0.6 is 34.8 Å². The summed E-state index contributed by atoms with van der Waals surface area (Å²) in [7, 11) is 0. The number of benzene rings is 3. The summed E-state index contributed by atoms with van der Waals surface area (Å²) in [5.74, 6) is 1.81. The molecule has 0 aliphatic carbocycles. The second-order valence-electron chi connectivity index (χ2n) is 10.6. The van der Waals surface area contributed by atoms with Crippen LogP contribution < -0.4 is 0 Å². The monoisotopic (exact) mass is 647 g/mol. The van der Waals surface area contributed by atoms with E-state index in [4.69, 9.17) is 59.2 Å². The molecular weight excluding hydrogens is 617 g/mol. The third-order valence-corrected chi connectivity index (χ3v) is 8.22. The Balaban J connectivity index is 1.52. The van der Waals surface area contributed by atoms with Gasteiger partial charge in [-0.15, -0.1) is 0 Å². The Hall–Kier alpha value is -3.46. The van der Waals surface area contributed by atoms with E-state index in [9.17, 15) is 0 Å². The van der Waals surface area contributed by atoms with Crippen LogP contribution in [0.15, 0.2) is 85.2 Å².